The molecule has 0 aromatic rings. The number of hydrogen-bond acceptors (Lipinski definition) is 3. The van der Waals surface area contributed by atoms with Crippen LogP contribution in [0.2, 0.25) is 0 Å². The Balaban J connectivity index is 4.02. The van der Waals surface area contributed by atoms with Crippen LogP contribution in [0.1, 0.15) is 6.92 Å². The molecule has 4 heteroatoms. The van der Waals surface area contributed by atoms with E-state index in [-0.39, 0.29) is 18.2 Å². The van der Waals surface area contributed by atoms with Crippen molar-refractivity contribution in [3.8, 4) is 0 Å². The molecule has 5 N–H and O–H groups in total. The minimum absolute atomic E-state index is 0.234. The Morgan fingerprint density at radius 2 is 2.30 bits per heavy atom. The zero-order valence-electron chi connectivity index (χ0n) is 5.87. The van der Waals surface area contributed by atoms with Crippen molar-refractivity contribution in [3.63, 3.8) is 0 Å². The van der Waals surface area contributed by atoms with E-state index in [1.54, 1.807) is 0 Å². The van der Waals surface area contributed by atoms with Crippen LogP contribution in [-0.2, 0) is 4.79 Å². The standard InChI is InChI=1S/C6H12N2O2/c1-4(6(9)10)2-5(8)3-7/h2,5H,3,7-8H2,1H3,(H,9,10). The van der Waals surface area contributed by atoms with E-state index in [0.717, 1.165) is 0 Å². The highest BCUT2D eigenvalue weighted by molar-refractivity contribution is 5.85. The highest BCUT2D eigenvalue weighted by Crippen LogP contribution is 1.92. The molecule has 0 saturated heterocycles. The van der Waals surface area contributed by atoms with Crippen molar-refractivity contribution in [3.05, 3.63) is 11.6 Å². The van der Waals surface area contributed by atoms with Crippen LogP contribution in [0.5, 0.6) is 0 Å². The lowest BCUT2D eigenvalue weighted by Gasteiger charge is -2.01. The van der Waals surface area contributed by atoms with Gasteiger partial charge >= 0.3 is 5.97 Å². The lowest BCUT2D eigenvalue weighted by Crippen LogP contribution is -2.28. The van der Waals surface area contributed by atoms with E-state index in [0.29, 0.717) is 0 Å². The Labute approximate surface area is 59.5 Å². The van der Waals surface area contributed by atoms with Gasteiger partial charge in [-0.3, -0.25) is 0 Å². The van der Waals surface area contributed by atoms with Crippen molar-refractivity contribution in [2.75, 3.05) is 6.54 Å². The Morgan fingerprint density at radius 1 is 1.80 bits per heavy atom. The first-order valence-corrected chi connectivity index (χ1v) is 2.95. The highest BCUT2D eigenvalue weighted by atomic mass is 16.4. The fraction of sp³-hybridized carbons (Fsp3) is 0.500. The van der Waals surface area contributed by atoms with E-state index in [1.165, 1.54) is 13.0 Å². The third-order valence-corrected chi connectivity index (χ3v) is 1.07. The zero-order chi connectivity index (χ0) is 8.15. The summed E-state index contributed by atoms with van der Waals surface area (Å²) in [5, 5.41) is 8.36. The van der Waals surface area contributed by atoms with Crippen molar-refractivity contribution in [2.24, 2.45) is 11.5 Å². The zero-order valence-corrected chi connectivity index (χ0v) is 5.87. The minimum Gasteiger partial charge on any atom is -0.478 e. The van der Waals surface area contributed by atoms with Gasteiger partial charge in [0.1, 0.15) is 0 Å². The fourth-order valence-corrected chi connectivity index (χ4v) is 0.460. The van der Waals surface area contributed by atoms with E-state index >= 15 is 0 Å². The van der Waals surface area contributed by atoms with Crippen LogP contribution in [0.15, 0.2) is 11.6 Å². The van der Waals surface area contributed by atoms with E-state index in [9.17, 15) is 4.79 Å². The van der Waals surface area contributed by atoms with Gasteiger partial charge in [-0.2, -0.15) is 0 Å². The molecule has 0 radical (unpaired) electrons. The molecule has 0 heterocycles. The molecular formula is C6H12N2O2. The molecule has 0 amide bonds. The first kappa shape index (κ1) is 9.13. The van der Waals surface area contributed by atoms with Crippen molar-refractivity contribution in [1.82, 2.24) is 0 Å². The topological polar surface area (TPSA) is 89.3 Å². The normalized spacial score (nSPS) is 14.9. The summed E-state index contributed by atoms with van der Waals surface area (Å²) in [7, 11) is 0. The molecule has 58 valence electrons. The molecular weight excluding hydrogens is 132 g/mol. The summed E-state index contributed by atoms with van der Waals surface area (Å²) in [5.74, 6) is -0.955. The molecule has 0 rings (SSSR count). The molecule has 0 aromatic carbocycles. The summed E-state index contributed by atoms with van der Waals surface area (Å²) >= 11 is 0. The van der Waals surface area contributed by atoms with Gasteiger partial charge in [-0.05, 0) is 6.92 Å². The molecule has 0 saturated carbocycles. The quantitative estimate of drug-likeness (QED) is 0.457. The van der Waals surface area contributed by atoms with Crippen LogP contribution in [0.3, 0.4) is 0 Å². The number of nitrogens with two attached hydrogens (primary N) is 2. The van der Waals surface area contributed by atoms with Gasteiger partial charge in [0.25, 0.3) is 0 Å². The molecule has 1 atom stereocenters. The number of carboxylic acid groups (broad SMARTS) is 1. The molecule has 0 aliphatic heterocycles. The highest BCUT2D eigenvalue weighted by Gasteiger charge is 2.01. The molecule has 4 nitrogen and oxygen atoms in total. The van der Waals surface area contributed by atoms with Crippen LogP contribution < -0.4 is 11.5 Å². The van der Waals surface area contributed by atoms with Gasteiger partial charge in [-0.25, -0.2) is 4.79 Å². The van der Waals surface area contributed by atoms with Crippen molar-refractivity contribution >= 4 is 5.97 Å². The van der Waals surface area contributed by atoms with Gasteiger partial charge in [0, 0.05) is 18.2 Å². The summed E-state index contributed by atoms with van der Waals surface area (Å²) in [5.41, 5.74) is 10.7. The SMILES string of the molecule is CC(=CC(N)CN)C(=O)O. The first-order chi connectivity index (χ1) is 4.57. The van der Waals surface area contributed by atoms with E-state index in [4.69, 9.17) is 16.6 Å². The maximum atomic E-state index is 10.2. The molecule has 0 aromatic heterocycles. The predicted molar refractivity (Wildman–Crippen MR) is 38.4 cm³/mol. The third kappa shape index (κ3) is 3.21. The minimum atomic E-state index is -0.955. The second kappa shape index (κ2) is 4.03. The van der Waals surface area contributed by atoms with E-state index in [2.05, 4.69) is 0 Å². The van der Waals surface area contributed by atoms with Gasteiger partial charge in [0.2, 0.25) is 0 Å². The number of carbonyl (C=O) groups is 1. The van der Waals surface area contributed by atoms with Gasteiger partial charge in [0.15, 0.2) is 0 Å². The average Bonchev–Trinajstić information content (AvgIpc) is 1.87. The summed E-state index contributed by atoms with van der Waals surface area (Å²) in [6.07, 6.45) is 1.43. The van der Waals surface area contributed by atoms with Crippen LogP contribution in [0, 0.1) is 0 Å². The largest absolute Gasteiger partial charge is 0.478 e. The summed E-state index contributed by atoms with van der Waals surface area (Å²) in [4.78, 5) is 10.2. The van der Waals surface area contributed by atoms with Crippen LogP contribution in [-0.4, -0.2) is 23.7 Å². The number of aliphatic carboxylic acids is 1. The monoisotopic (exact) mass is 144 g/mol. The second-order valence-corrected chi connectivity index (χ2v) is 2.05. The maximum absolute atomic E-state index is 10.2. The lowest BCUT2D eigenvalue weighted by molar-refractivity contribution is -0.132. The summed E-state index contributed by atoms with van der Waals surface area (Å²) in [6.45, 7) is 1.75. The first-order valence-electron chi connectivity index (χ1n) is 2.95. The van der Waals surface area contributed by atoms with Gasteiger partial charge in [-0.15, -0.1) is 0 Å². The van der Waals surface area contributed by atoms with Crippen LogP contribution in [0.4, 0.5) is 0 Å². The molecule has 0 fully saturated rings. The smallest absolute Gasteiger partial charge is 0.331 e. The van der Waals surface area contributed by atoms with Gasteiger partial charge in [0.05, 0.1) is 0 Å². The Kier molecular flexibility index (Phi) is 3.68. The van der Waals surface area contributed by atoms with E-state index < -0.39 is 5.97 Å². The second-order valence-electron chi connectivity index (χ2n) is 2.05. The van der Waals surface area contributed by atoms with Crippen LogP contribution in [0.25, 0.3) is 0 Å². The molecule has 0 aliphatic carbocycles. The van der Waals surface area contributed by atoms with E-state index in [1.807, 2.05) is 0 Å². The summed E-state index contributed by atoms with van der Waals surface area (Å²) < 4.78 is 0. The molecule has 0 aliphatic rings. The molecule has 10 heavy (non-hydrogen) atoms. The lowest BCUT2D eigenvalue weighted by atomic mass is 10.2. The molecule has 0 bridgehead atoms. The van der Waals surface area contributed by atoms with Crippen molar-refractivity contribution in [1.29, 1.82) is 0 Å². The maximum Gasteiger partial charge on any atom is 0.331 e. The predicted octanol–water partition coefficient (Wildman–Crippen LogP) is -0.697. The Morgan fingerprint density at radius 3 is 2.60 bits per heavy atom. The van der Waals surface area contributed by atoms with Crippen LogP contribution >= 0.6 is 0 Å². The number of carboxylic acids is 1. The number of rotatable bonds is 3. The van der Waals surface area contributed by atoms with Gasteiger partial charge in [-0.1, -0.05) is 6.08 Å². The Bertz CT molecular complexity index is 154. The third-order valence-electron chi connectivity index (χ3n) is 1.07. The van der Waals surface area contributed by atoms with Crippen molar-refractivity contribution in [2.45, 2.75) is 13.0 Å². The summed E-state index contributed by atoms with van der Waals surface area (Å²) in [6, 6.07) is -0.351. The average molecular weight is 144 g/mol. The van der Waals surface area contributed by atoms with Crippen molar-refractivity contribution < 1.29 is 9.90 Å². The molecule has 0 spiro atoms. The number of hydrogen-bond donors (Lipinski definition) is 3. The van der Waals surface area contributed by atoms with Gasteiger partial charge < -0.3 is 16.6 Å². The molecule has 1 unspecified atom stereocenters. The Hall–Kier alpha value is -0.870. The fourth-order valence-electron chi connectivity index (χ4n) is 0.460.